The molecule has 2 aromatic carbocycles. The van der Waals surface area contributed by atoms with Crippen molar-refractivity contribution in [2.45, 2.75) is 44.8 Å². The number of ether oxygens (including phenoxy) is 1. The van der Waals surface area contributed by atoms with E-state index < -0.39 is 5.92 Å². The third-order valence-corrected chi connectivity index (χ3v) is 5.91. The number of nitrogens with one attached hydrogen (secondary N) is 3. The average Bonchev–Trinajstić information content (AvgIpc) is 3.21. The normalized spacial score (nSPS) is 21.6. The van der Waals surface area contributed by atoms with Crippen LogP contribution < -0.4 is 20.7 Å². The number of anilines is 1. The number of aryl methyl sites for hydroxylation is 1. The van der Waals surface area contributed by atoms with Crippen molar-refractivity contribution in [2.75, 3.05) is 5.32 Å². The number of para-hydroxylation sites is 1. The Morgan fingerprint density at radius 2 is 1.93 bits per heavy atom. The Bertz CT molecular complexity index is 968. The number of amides is 1. The molecule has 1 amide bonds. The van der Waals surface area contributed by atoms with Crippen molar-refractivity contribution in [1.82, 2.24) is 10.6 Å². The lowest BCUT2D eigenvalue weighted by atomic mass is 9.87. The fourth-order valence-electron chi connectivity index (χ4n) is 4.23. The minimum atomic E-state index is -0.550. The van der Waals surface area contributed by atoms with Crippen LogP contribution in [-0.2, 0) is 4.79 Å². The summed E-state index contributed by atoms with van der Waals surface area (Å²) < 4.78 is 6.33. The highest BCUT2D eigenvalue weighted by atomic mass is 32.1. The Labute approximate surface area is 182 Å². The van der Waals surface area contributed by atoms with Crippen LogP contribution in [0.3, 0.4) is 0 Å². The smallest absolute Gasteiger partial charge is 0.235 e. The van der Waals surface area contributed by atoms with Crippen LogP contribution in [0.2, 0.25) is 0 Å². The molecule has 2 atom stereocenters. The molecule has 2 fully saturated rings. The Kier molecular flexibility index (Phi) is 6.04. The summed E-state index contributed by atoms with van der Waals surface area (Å²) in [7, 11) is 0. The van der Waals surface area contributed by atoms with Gasteiger partial charge in [-0.05, 0) is 68.6 Å². The Hall–Kier alpha value is -2.86. The van der Waals surface area contributed by atoms with Crippen LogP contribution in [0.5, 0.6) is 5.75 Å². The van der Waals surface area contributed by atoms with Gasteiger partial charge in [0.05, 0.1) is 12.1 Å². The topological polar surface area (TPSA) is 62.4 Å². The molecule has 0 aromatic heterocycles. The summed E-state index contributed by atoms with van der Waals surface area (Å²) in [6, 6.07) is 15.3. The van der Waals surface area contributed by atoms with Crippen molar-refractivity contribution >= 4 is 28.9 Å². The molecule has 4 rings (SSSR count). The zero-order valence-electron chi connectivity index (χ0n) is 17.1. The molecule has 0 spiro atoms. The number of carbonyl (C=O) groups excluding carboxylic acids is 1. The van der Waals surface area contributed by atoms with E-state index >= 15 is 0 Å². The molecule has 0 unspecified atom stereocenters. The van der Waals surface area contributed by atoms with Crippen molar-refractivity contribution in [2.24, 2.45) is 5.92 Å². The van der Waals surface area contributed by atoms with Gasteiger partial charge in [-0.15, -0.1) is 0 Å². The van der Waals surface area contributed by atoms with Crippen LogP contribution in [0.4, 0.5) is 5.69 Å². The van der Waals surface area contributed by atoms with Crippen molar-refractivity contribution < 1.29 is 9.53 Å². The maximum atomic E-state index is 13.3. The van der Waals surface area contributed by atoms with E-state index in [0.29, 0.717) is 10.8 Å². The molecule has 2 aliphatic rings. The van der Waals surface area contributed by atoms with Gasteiger partial charge >= 0.3 is 0 Å². The van der Waals surface area contributed by atoms with E-state index in [1.54, 1.807) is 0 Å². The Morgan fingerprint density at radius 3 is 2.70 bits per heavy atom. The summed E-state index contributed by atoms with van der Waals surface area (Å²) in [5.74, 6) is 0.104. The zero-order valence-corrected chi connectivity index (χ0v) is 17.9. The van der Waals surface area contributed by atoms with Gasteiger partial charge in [-0.3, -0.25) is 4.79 Å². The molecular weight excluding hydrogens is 394 g/mol. The third kappa shape index (κ3) is 4.49. The number of hydrogen-bond donors (Lipinski definition) is 3. The predicted octanol–water partition coefficient (Wildman–Crippen LogP) is 4.60. The van der Waals surface area contributed by atoms with Gasteiger partial charge < -0.3 is 20.7 Å². The first-order valence-corrected chi connectivity index (χ1v) is 10.8. The fraction of sp³-hybridized carbons (Fsp3) is 0.333. The molecule has 156 valence electrons. The van der Waals surface area contributed by atoms with Gasteiger partial charge in [-0.25, -0.2) is 0 Å². The molecule has 2 aromatic rings. The summed E-state index contributed by atoms with van der Waals surface area (Å²) in [4.78, 5) is 13.3. The summed E-state index contributed by atoms with van der Waals surface area (Å²) >= 11 is 5.38. The highest BCUT2D eigenvalue weighted by Crippen LogP contribution is 2.37. The molecular formula is C24H27N3O2S. The van der Waals surface area contributed by atoms with Gasteiger partial charge in [0.15, 0.2) is 5.11 Å². The maximum absolute atomic E-state index is 13.3. The highest BCUT2D eigenvalue weighted by molar-refractivity contribution is 7.80. The first-order chi connectivity index (χ1) is 14.5. The van der Waals surface area contributed by atoms with Gasteiger partial charge in [0.1, 0.15) is 11.7 Å². The largest absolute Gasteiger partial charge is 0.490 e. The molecule has 1 aliphatic heterocycles. The monoisotopic (exact) mass is 421 g/mol. The first kappa shape index (κ1) is 20.4. The molecule has 1 heterocycles. The quantitative estimate of drug-likeness (QED) is 0.616. The van der Waals surface area contributed by atoms with E-state index in [0.717, 1.165) is 35.4 Å². The maximum Gasteiger partial charge on any atom is 0.235 e. The number of benzene rings is 2. The van der Waals surface area contributed by atoms with E-state index in [4.69, 9.17) is 17.0 Å². The van der Waals surface area contributed by atoms with E-state index in [1.165, 1.54) is 12.8 Å². The summed E-state index contributed by atoms with van der Waals surface area (Å²) in [5, 5.41) is 9.78. The van der Waals surface area contributed by atoms with Crippen LogP contribution in [0, 0.1) is 12.8 Å². The van der Waals surface area contributed by atoms with Crippen molar-refractivity contribution in [1.29, 1.82) is 0 Å². The highest BCUT2D eigenvalue weighted by Gasteiger charge is 2.38. The van der Waals surface area contributed by atoms with Gasteiger partial charge in [-0.1, -0.05) is 36.9 Å². The van der Waals surface area contributed by atoms with Crippen LogP contribution in [0.1, 0.15) is 42.9 Å². The molecule has 0 bridgehead atoms. The first-order valence-electron chi connectivity index (χ1n) is 10.4. The number of hydrogen-bond acceptors (Lipinski definition) is 3. The zero-order chi connectivity index (χ0) is 21.1. The van der Waals surface area contributed by atoms with Crippen molar-refractivity contribution in [3.05, 3.63) is 71.9 Å². The number of rotatable bonds is 5. The summed E-state index contributed by atoms with van der Waals surface area (Å²) in [6.07, 6.45) is 4.75. The molecule has 3 N–H and O–H groups in total. The number of carbonyl (C=O) groups is 1. The molecule has 0 radical (unpaired) electrons. The lowest BCUT2D eigenvalue weighted by Crippen LogP contribution is -2.51. The average molecular weight is 422 g/mol. The lowest BCUT2D eigenvalue weighted by molar-refractivity contribution is -0.119. The van der Waals surface area contributed by atoms with E-state index in [-0.39, 0.29) is 18.1 Å². The second-order valence-corrected chi connectivity index (χ2v) is 8.41. The van der Waals surface area contributed by atoms with Crippen LogP contribution in [0.15, 0.2) is 60.8 Å². The predicted molar refractivity (Wildman–Crippen MR) is 123 cm³/mol. The van der Waals surface area contributed by atoms with Crippen LogP contribution in [0.25, 0.3) is 0 Å². The SMILES string of the molecule is C=C1NC(=S)N[C@@H](c2ccccc2OC2CCCC2)[C@@H]1C(=O)Nc1cccc(C)c1. The van der Waals surface area contributed by atoms with E-state index in [1.807, 2.05) is 55.5 Å². The minimum Gasteiger partial charge on any atom is -0.490 e. The standard InChI is InChI=1S/C24H27N3O2S/c1-15-8-7-9-17(14-15)26-23(28)21-16(2)25-24(30)27-22(21)19-12-5-6-13-20(19)29-18-10-3-4-11-18/h5-9,12-14,18,21-22H,2-4,10-11H2,1H3,(H,26,28)(H2,25,27,30)/t21-,22+/m1/s1. The molecule has 1 aliphatic carbocycles. The molecule has 1 saturated heterocycles. The van der Waals surface area contributed by atoms with E-state index in [2.05, 4.69) is 22.5 Å². The Balaban J connectivity index is 1.63. The molecule has 5 nitrogen and oxygen atoms in total. The second-order valence-electron chi connectivity index (χ2n) is 8.00. The van der Waals surface area contributed by atoms with Crippen molar-refractivity contribution in [3.8, 4) is 5.75 Å². The summed E-state index contributed by atoms with van der Waals surface area (Å²) in [6.45, 7) is 6.09. The van der Waals surface area contributed by atoms with Crippen LogP contribution >= 0.6 is 12.2 Å². The number of thiocarbonyl (C=S) groups is 1. The second kappa shape index (κ2) is 8.88. The molecule has 6 heteroatoms. The fourth-order valence-corrected chi connectivity index (χ4v) is 4.48. The van der Waals surface area contributed by atoms with Gasteiger partial charge in [0.25, 0.3) is 0 Å². The Morgan fingerprint density at radius 1 is 1.17 bits per heavy atom. The minimum absolute atomic E-state index is 0.145. The summed E-state index contributed by atoms with van der Waals surface area (Å²) in [5.41, 5.74) is 3.33. The third-order valence-electron chi connectivity index (χ3n) is 5.69. The van der Waals surface area contributed by atoms with Gasteiger partial charge in [0, 0.05) is 16.9 Å². The molecule has 1 saturated carbocycles. The van der Waals surface area contributed by atoms with Gasteiger partial charge in [0.2, 0.25) is 5.91 Å². The lowest BCUT2D eigenvalue weighted by Gasteiger charge is -2.36. The van der Waals surface area contributed by atoms with E-state index in [9.17, 15) is 4.79 Å². The van der Waals surface area contributed by atoms with Crippen LogP contribution in [-0.4, -0.2) is 17.1 Å². The van der Waals surface area contributed by atoms with Gasteiger partial charge in [-0.2, -0.15) is 0 Å². The van der Waals surface area contributed by atoms with Crippen molar-refractivity contribution in [3.63, 3.8) is 0 Å². The molecule has 30 heavy (non-hydrogen) atoms.